The third-order valence-electron chi connectivity index (χ3n) is 4.22. The minimum absolute atomic E-state index is 0.200. The maximum Gasteiger partial charge on any atom is 0.328 e. The molecule has 0 saturated heterocycles. The average molecular weight is 330 g/mol. The SMILES string of the molecule is CCOC(=O)C(c1ccc(Cl)cc1)N1CCc2ccccc2C1. The molecule has 2 aromatic rings. The van der Waals surface area contributed by atoms with Crippen LogP contribution in [-0.4, -0.2) is 24.0 Å². The van der Waals surface area contributed by atoms with Gasteiger partial charge in [0.05, 0.1) is 6.61 Å². The Bertz CT molecular complexity index is 684. The first-order valence-electron chi connectivity index (χ1n) is 7.92. The first-order chi connectivity index (χ1) is 11.2. The van der Waals surface area contributed by atoms with E-state index < -0.39 is 0 Å². The van der Waals surface area contributed by atoms with E-state index >= 15 is 0 Å². The molecule has 1 aliphatic rings. The van der Waals surface area contributed by atoms with Gasteiger partial charge in [-0.15, -0.1) is 0 Å². The fraction of sp³-hybridized carbons (Fsp3) is 0.316. The van der Waals surface area contributed by atoms with Crippen molar-refractivity contribution in [1.82, 2.24) is 4.90 Å². The van der Waals surface area contributed by atoms with Crippen molar-refractivity contribution in [3.05, 3.63) is 70.2 Å². The van der Waals surface area contributed by atoms with Crippen LogP contribution in [0, 0.1) is 0 Å². The summed E-state index contributed by atoms with van der Waals surface area (Å²) in [5, 5.41) is 0.667. The molecule has 0 amide bonds. The Morgan fingerprint density at radius 3 is 2.57 bits per heavy atom. The molecule has 3 nitrogen and oxygen atoms in total. The van der Waals surface area contributed by atoms with Gasteiger partial charge in [-0.3, -0.25) is 4.90 Å². The first-order valence-corrected chi connectivity index (χ1v) is 8.29. The van der Waals surface area contributed by atoms with Crippen molar-refractivity contribution in [2.75, 3.05) is 13.2 Å². The maximum absolute atomic E-state index is 12.5. The Labute approximate surface area is 141 Å². The molecular weight excluding hydrogens is 310 g/mol. The molecule has 0 saturated carbocycles. The van der Waals surface area contributed by atoms with Crippen LogP contribution in [0.25, 0.3) is 0 Å². The van der Waals surface area contributed by atoms with Gasteiger partial charge >= 0.3 is 5.97 Å². The third-order valence-corrected chi connectivity index (χ3v) is 4.47. The second-order valence-corrected chi connectivity index (χ2v) is 6.13. The summed E-state index contributed by atoms with van der Waals surface area (Å²) in [6, 6.07) is 15.5. The molecular formula is C19H20ClNO2. The monoisotopic (exact) mass is 329 g/mol. The van der Waals surface area contributed by atoms with E-state index in [0.717, 1.165) is 25.1 Å². The number of nitrogens with zero attached hydrogens (tertiary/aromatic N) is 1. The summed E-state index contributed by atoms with van der Waals surface area (Å²) < 4.78 is 5.32. The lowest BCUT2D eigenvalue weighted by molar-refractivity contribution is -0.150. The van der Waals surface area contributed by atoms with E-state index in [1.807, 2.05) is 37.3 Å². The fourth-order valence-corrected chi connectivity index (χ4v) is 3.23. The highest BCUT2D eigenvalue weighted by molar-refractivity contribution is 6.30. The zero-order valence-corrected chi connectivity index (χ0v) is 13.9. The van der Waals surface area contributed by atoms with Crippen molar-refractivity contribution in [3.8, 4) is 0 Å². The highest BCUT2D eigenvalue weighted by Gasteiger charge is 2.31. The number of rotatable bonds is 4. The van der Waals surface area contributed by atoms with Gasteiger partial charge < -0.3 is 4.74 Å². The molecule has 1 unspecified atom stereocenters. The van der Waals surface area contributed by atoms with Crippen LogP contribution >= 0.6 is 11.6 Å². The molecule has 0 bridgehead atoms. The van der Waals surface area contributed by atoms with Crippen LogP contribution in [0.5, 0.6) is 0 Å². The smallest absolute Gasteiger partial charge is 0.328 e. The summed E-state index contributed by atoms with van der Waals surface area (Å²) in [5.41, 5.74) is 3.57. The number of fused-ring (bicyclic) bond motifs is 1. The van der Waals surface area contributed by atoms with E-state index in [1.165, 1.54) is 11.1 Å². The van der Waals surface area contributed by atoms with Crippen molar-refractivity contribution in [1.29, 1.82) is 0 Å². The summed E-state index contributed by atoms with van der Waals surface area (Å²) in [7, 11) is 0. The summed E-state index contributed by atoms with van der Waals surface area (Å²) >= 11 is 5.98. The quantitative estimate of drug-likeness (QED) is 0.794. The van der Waals surface area contributed by atoms with Gasteiger partial charge in [0.2, 0.25) is 0 Å². The molecule has 1 aliphatic heterocycles. The molecule has 23 heavy (non-hydrogen) atoms. The molecule has 2 aromatic carbocycles. The normalized spacial score (nSPS) is 15.7. The zero-order chi connectivity index (χ0) is 16.2. The van der Waals surface area contributed by atoms with Crippen LogP contribution in [0.1, 0.15) is 29.7 Å². The molecule has 1 atom stereocenters. The average Bonchev–Trinajstić information content (AvgIpc) is 2.57. The standard InChI is InChI=1S/C19H20ClNO2/c1-2-23-19(22)18(15-7-9-17(20)10-8-15)21-12-11-14-5-3-4-6-16(14)13-21/h3-10,18H,2,11-13H2,1H3. The summed E-state index contributed by atoms with van der Waals surface area (Å²) in [6.07, 6.45) is 0.944. The second-order valence-electron chi connectivity index (χ2n) is 5.70. The number of hydrogen-bond acceptors (Lipinski definition) is 3. The second kappa shape index (κ2) is 7.16. The summed E-state index contributed by atoms with van der Waals surface area (Å²) in [6.45, 7) is 3.81. The molecule has 120 valence electrons. The molecule has 0 aliphatic carbocycles. The molecule has 0 aromatic heterocycles. The Morgan fingerprint density at radius 1 is 1.17 bits per heavy atom. The predicted octanol–water partition coefficient (Wildman–Crippen LogP) is 4.00. The van der Waals surface area contributed by atoms with Crippen molar-refractivity contribution < 1.29 is 9.53 Å². The molecule has 4 heteroatoms. The largest absolute Gasteiger partial charge is 0.465 e. The predicted molar refractivity (Wildman–Crippen MR) is 91.4 cm³/mol. The van der Waals surface area contributed by atoms with Crippen LogP contribution < -0.4 is 0 Å². The maximum atomic E-state index is 12.5. The Morgan fingerprint density at radius 2 is 1.87 bits per heavy atom. The van der Waals surface area contributed by atoms with Crippen molar-refractivity contribution in [2.24, 2.45) is 0 Å². The van der Waals surface area contributed by atoms with Crippen molar-refractivity contribution in [3.63, 3.8) is 0 Å². The van der Waals surface area contributed by atoms with Gasteiger partial charge in [-0.2, -0.15) is 0 Å². The topological polar surface area (TPSA) is 29.5 Å². The van der Waals surface area contributed by atoms with Gasteiger partial charge in [0.15, 0.2) is 0 Å². The van der Waals surface area contributed by atoms with Gasteiger partial charge in [-0.25, -0.2) is 4.79 Å². The molecule has 0 spiro atoms. The lowest BCUT2D eigenvalue weighted by atomic mass is 9.96. The van der Waals surface area contributed by atoms with Gasteiger partial charge in [-0.05, 0) is 42.2 Å². The van der Waals surface area contributed by atoms with E-state index in [1.54, 1.807) is 0 Å². The number of benzene rings is 2. The zero-order valence-electron chi connectivity index (χ0n) is 13.2. The Hall–Kier alpha value is -1.84. The van der Waals surface area contributed by atoms with Crippen LogP contribution in [0.4, 0.5) is 0 Å². The van der Waals surface area contributed by atoms with Crippen LogP contribution in [0.15, 0.2) is 48.5 Å². The third kappa shape index (κ3) is 3.57. The van der Waals surface area contributed by atoms with E-state index in [9.17, 15) is 4.79 Å². The Balaban J connectivity index is 1.90. The van der Waals surface area contributed by atoms with Gasteiger partial charge in [-0.1, -0.05) is 48.0 Å². The van der Waals surface area contributed by atoms with E-state index in [-0.39, 0.29) is 12.0 Å². The number of carbonyl (C=O) groups is 1. The van der Waals surface area contributed by atoms with Gasteiger partial charge in [0.25, 0.3) is 0 Å². The highest BCUT2D eigenvalue weighted by Crippen LogP contribution is 2.29. The van der Waals surface area contributed by atoms with Gasteiger partial charge in [0.1, 0.15) is 6.04 Å². The Kier molecular flexibility index (Phi) is 4.99. The van der Waals surface area contributed by atoms with Crippen LogP contribution in [0.2, 0.25) is 5.02 Å². The molecule has 0 N–H and O–H groups in total. The minimum atomic E-state index is -0.388. The van der Waals surface area contributed by atoms with E-state index in [0.29, 0.717) is 11.6 Å². The molecule has 3 rings (SSSR count). The highest BCUT2D eigenvalue weighted by atomic mass is 35.5. The lowest BCUT2D eigenvalue weighted by Crippen LogP contribution is -2.38. The lowest BCUT2D eigenvalue weighted by Gasteiger charge is -2.34. The number of ether oxygens (including phenoxy) is 1. The van der Waals surface area contributed by atoms with E-state index in [2.05, 4.69) is 23.1 Å². The molecule has 1 heterocycles. The molecule has 0 fully saturated rings. The van der Waals surface area contributed by atoms with Crippen LogP contribution in [0.3, 0.4) is 0 Å². The van der Waals surface area contributed by atoms with E-state index in [4.69, 9.17) is 16.3 Å². The van der Waals surface area contributed by atoms with Gasteiger partial charge in [0, 0.05) is 18.1 Å². The number of esters is 1. The summed E-state index contributed by atoms with van der Waals surface area (Å²) in [4.78, 5) is 14.7. The first kappa shape index (κ1) is 16.0. The molecule has 0 radical (unpaired) electrons. The number of hydrogen-bond donors (Lipinski definition) is 0. The minimum Gasteiger partial charge on any atom is -0.465 e. The fourth-order valence-electron chi connectivity index (χ4n) is 3.10. The van der Waals surface area contributed by atoms with Crippen molar-refractivity contribution in [2.45, 2.75) is 25.9 Å². The van der Waals surface area contributed by atoms with Crippen molar-refractivity contribution >= 4 is 17.6 Å². The number of carbonyl (C=O) groups excluding carboxylic acids is 1. The van der Waals surface area contributed by atoms with Crippen LogP contribution in [-0.2, 0) is 22.5 Å². The summed E-state index contributed by atoms with van der Waals surface area (Å²) in [5.74, 6) is -0.200. The number of halogens is 1.